The average Bonchev–Trinajstić information content (AvgIpc) is 2.37. The predicted octanol–water partition coefficient (Wildman–Crippen LogP) is 0.588. The van der Waals surface area contributed by atoms with Crippen LogP contribution in [0.3, 0.4) is 0 Å². The molecule has 0 atom stereocenters. The van der Waals surface area contributed by atoms with Gasteiger partial charge in [0.15, 0.2) is 0 Å². The van der Waals surface area contributed by atoms with Gasteiger partial charge in [0.25, 0.3) is 0 Å². The number of hydrogen-bond donors (Lipinski definition) is 0. The Bertz CT molecular complexity index is 518. The van der Waals surface area contributed by atoms with Crippen molar-refractivity contribution in [2.75, 3.05) is 0 Å². The zero-order valence-electron chi connectivity index (χ0n) is 10.9. The van der Waals surface area contributed by atoms with E-state index >= 15 is 0 Å². The second kappa shape index (κ2) is 9.17. The Balaban J connectivity index is 0.00000200. The van der Waals surface area contributed by atoms with Crippen LogP contribution >= 0.6 is 0 Å². The molecule has 0 aliphatic rings. The molecule has 21 heavy (non-hydrogen) atoms. The van der Waals surface area contributed by atoms with E-state index in [4.69, 9.17) is 4.74 Å². The fourth-order valence-corrected chi connectivity index (χ4v) is 1.42. The van der Waals surface area contributed by atoms with Crippen molar-refractivity contribution in [2.24, 2.45) is 0 Å². The Morgan fingerprint density at radius 1 is 1.00 bits per heavy atom. The van der Waals surface area contributed by atoms with E-state index in [9.17, 15) is 13.2 Å². The van der Waals surface area contributed by atoms with Gasteiger partial charge in [0.2, 0.25) is 0 Å². The van der Waals surface area contributed by atoms with Crippen LogP contribution in [-0.2, 0) is 6.61 Å². The smallest absolute Gasteiger partial charge is 1.00 e. The molecule has 2 rings (SSSR count). The molecule has 0 aromatic heterocycles. The normalized spacial score (nSPS) is 10.0. The SMILES string of the molecule is FC(F)(F)Oc1ccc(OCc2c[c-]ccc2)cc1.[Br-].[Mg+2]. The number of alkyl halides is 3. The molecular weight excluding hydrogens is 361 g/mol. The quantitative estimate of drug-likeness (QED) is 0.579. The maximum Gasteiger partial charge on any atom is 2.00 e. The first-order valence-corrected chi connectivity index (χ1v) is 5.46. The maximum atomic E-state index is 12.0. The summed E-state index contributed by atoms with van der Waals surface area (Å²) in [5.74, 6) is 0.200. The molecule has 0 N–H and O–H groups in total. The first kappa shape index (κ1) is 20.1. The molecule has 0 aliphatic carbocycles. The molecule has 0 saturated carbocycles. The molecule has 0 radical (unpaired) electrons. The van der Waals surface area contributed by atoms with E-state index in [0.717, 1.165) is 5.56 Å². The maximum absolute atomic E-state index is 12.0. The van der Waals surface area contributed by atoms with Crippen LogP contribution in [0.4, 0.5) is 13.2 Å². The Hall–Kier alpha value is -0.924. The van der Waals surface area contributed by atoms with Crippen LogP contribution in [0.2, 0.25) is 0 Å². The predicted molar refractivity (Wildman–Crippen MR) is 68.5 cm³/mol. The summed E-state index contributed by atoms with van der Waals surface area (Å²) in [5.41, 5.74) is 0.929. The van der Waals surface area contributed by atoms with Crippen molar-refractivity contribution in [2.45, 2.75) is 13.0 Å². The third-order valence-electron chi connectivity index (χ3n) is 2.23. The number of hydrogen-bond acceptors (Lipinski definition) is 2. The van der Waals surface area contributed by atoms with Gasteiger partial charge in [-0.3, -0.25) is 0 Å². The van der Waals surface area contributed by atoms with Gasteiger partial charge in [-0.2, -0.15) is 30.3 Å². The molecule has 0 heterocycles. The van der Waals surface area contributed by atoms with Crippen molar-refractivity contribution in [3.8, 4) is 11.5 Å². The summed E-state index contributed by atoms with van der Waals surface area (Å²) >= 11 is 0. The largest absolute Gasteiger partial charge is 2.00 e. The topological polar surface area (TPSA) is 18.5 Å². The number of benzene rings is 2. The first-order chi connectivity index (χ1) is 9.03. The van der Waals surface area contributed by atoms with E-state index in [1.54, 1.807) is 12.1 Å². The molecule has 2 aromatic rings. The molecule has 0 spiro atoms. The van der Waals surface area contributed by atoms with E-state index in [1.165, 1.54) is 24.3 Å². The Morgan fingerprint density at radius 3 is 2.14 bits per heavy atom. The molecule has 0 fully saturated rings. The summed E-state index contributed by atoms with van der Waals surface area (Å²) in [7, 11) is 0. The fraction of sp³-hybridized carbons (Fsp3) is 0.143. The molecule has 108 valence electrons. The van der Waals surface area contributed by atoms with E-state index in [0.29, 0.717) is 12.4 Å². The summed E-state index contributed by atoms with van der Waals surface area (Å²) in [5, 5.41) is 0. The monoisotopic (exact) mass is 370 g/mol. The van der Waals surface area contributed by atoms with Gasteiger partial charge in [-0.1, -0.05) is 0 Å². The number of ether oxygens (including phenoxy) is 2. The van der Waals surface area contributed by atoms with Gasteiger partial charge in [0.05, 0.1) is 6.61 Å². The van der Waals surface area contributed by atoms with Crippen molar-refractivity contribution in [3.63, 3.8) is 0 Å². The summed E-state index contributed by atoms with van der Waals surface area (Å²) in [4.78, 5) is 0. The molecule has 2 nitrogen and oxygen atoms in total. The summed E-state index contributed by atoms with van der Waals surface area (Å²) in [6.07, 6.45) is -4.68. The van der Waals surface area contributed by atoms with Gasteiger partial charge in [-0.15, -0.1) is 18.7 Å². The Labute approximate surface area is 147 Å². The molecule has 2 aromatic carbocycles. The van der Waals surface area contributed by atoms with Crippen LogP contribution in [0.1, 0.15) is 5.56 Å². The van der Waals surface area contributed by atoms with Gasteiger partial charge in [0.1, 0.15) is 11.5 Å². The number of rotatable bonds is 4. The summed E-state index contributed by atoms with van der Waals surface area (Å²) in [6, 6.07) is 15.4. The van der Waals surface area contributed by atoms with Gasteiger partial charge in [0, 0.05) is 0 Å². The molecule has 0 saturated heterocycles. The van der Waals surface area contributed by atoms with Crippen LogP contribution in [0.5, 0.6) is 11.5 Å². The number of halogens is 4. The third-order valence-corrected chi connectivity index (χ3v) is 2.23. The Kier molecular flexibility index (Phi) is 8.76. The van der Waals surface area contributed by atoms with E-state index < -0.39 is 6.36 Å². The molecule has 0 aliphatic heterocycles. The van der Waals surface area contributed by atoms with Crippen molar-refractivity contribution < 1.29 is 39.6 Å². The van der Waals surface area contributed by atoms with Crippen LogP contribution in [0, 0.1) is 6.07 Å². The molecule has 0 amide bonds. The van der Waals surface area contributed by atoms with Crippen molar-refractivity contribution in [1.29, 1.82) is 0 Å². The first-order valence-electron chi connectivity index (χ1n) is 5.46. The molecule has 0 unspecified atom stereocenters. The van der Waals surface area contributed by atoms with Crippen LogP contribution < -0.4 is 26.5 Å². The van der Waals surface area contributed by atoms with Gasteiger partial charge in [-0.05, 0) is 24.3 Å². The van der Waals surface area contributed by atoms with Gasteiger partial charge < -0.3 is 26.5 Å². The minimum Gasteiger partial charge on any atom is -1.00 e. The Morgan fingerprint density at radius 2 is 1.62 bits per heavy atom. The zero-order chi connectivity index (χ0) is 13.7. The summed E-state index contributed by atoms with van der Waals surface area (Å²) in [6.45, 7) is 0.330. The second-order valence-electron chi connectivity index (χ2n) is 3.72. The standard InChI is InChI=1S/C14H10F3O2.BrH.Mg/c15-14(16,17)19-13-8-6-12(7-9-13)18-10-11-4-2-1-3-5-11;;/h1-2,4-9H,10H2;1H;/q-1;;+2/p-1. The van der Waals surface area contributed by atoms with E-state index in [1.807, 2.05) is 12.1 Å². The minimum atomic E-state index is -4.68. The van der Waals surface area contributed by atoms with Crippen molar-refractivity contribution in [1.82, 2.24) is 0 Å². The van der Waals surface area contributed by atoms with Crippen molar-refractivity contribution >= 4 is 23.1 Å². The summed E-state index contributed by atoms with van der Waals surface area (Å²) < 4.78 is 45.0. The second-order valence-corrected chi connectivity index (χ2v) is 3.72. The average molecular weight is 371 g/mol. The van der Waals surface area contributed by atoms with Crippen LogP contribution in [0.15, 0.2) is 48.5 Å². The van der Waals surface area contributed by atoms with Crippen molar-refractivity contribution in [3.05, 3.63) is 60.2 Å². The van der Waals surface area contributed by atoms with Crippen LogP contribution in [-0.4, -0.2) is 29.4 Å². The minimum absolute atomic E-state index is 0. The third kappa shape index (κ3) is 7.59. The molecule has 7 heteroatoms. The zero-order valence-corrected chi connectivity index (χ0v) is 13.9. The van der Waals surface area contributed by atoms with Crippen LogP contribution in [0.25, 0.3) is 0 Å². The van der Waals surface area contributed by atoms with E-state index in [2.05, 4.69) is 10.8 Å². The van der Waals surface area contributed by atoms with Gasteiger partial charge >= 0.3 is 29.4 Å². The van der Waals surface area contributed by atoms with E-state index in [-0.39, 0.29) is 45.8 Å². The van der Waals surface area contributed by atoms with Gasteiger partial charge in [-0.25, -0.2) is 0 Å². The fourth-order valence-electron chi connectivity index (χ4n) is 1.42. The molecule has 0 bridgehead atoms. The molecular formula is C14H10BrF3MgO2.